The highest BCUT2D eigenvalue weighted by atomic mass is 16.6. The van der Waals surface area contributed by atoms with E-state index in [0.29, 0.717) is 19.7 Å². The fourth-order valence-corrected chi connectivity index (χ4v) is 2.68. The molecule has 5 heteroatoms. The van der Waals surface area contributed by atoms with Crippen molar-refractivity contribution in [2.75, 3.05) is 25.0 Å². The summed E-state index contributed by atoms with van der Waals surface area (Å²) in [4.78, 5) is 25.9. The van der Waals surface area contributed by atoms with Crippen molar-refractivity contribution in [3.05, 3.63) is 29.3 Å². The van der Waals surface area contributed by atoms with E-state index in [1.54, 1.807) is 11.8 Å². The Hall–Kier alpha value is -2.04. The van der Waals surface area contributed by atoms with Crippen LogP contribution in [0.3, 0.4) is 0 Å². The normalized spacial score (nSPS) is 18.0. The molecule has 1 unspecified atom stereocenters. The van der Waals surface area contributed by atoms with Crippen LogP contribution in [0.2, 0.25) is 0 Å². The van der Waals surface area contributed by atoms with E-state index in [2.05, 4.69) is 5.32 Å². The molecule has 0 aliphatic carbocycles. The smallest absolute Gasteiger partial charge is 0.409 e. The molecule has 5 nitrogen and oxygen atoms in total. The number of hydrogen-bond donors (Lipinski definition) is 1. The maximum Gasteiger partial charge on any atom is 0.409 e. The van der Waals surface area contributed by atoms with Crippen molar-refractivity contribution in [1.29, 1.82) is 0 Å². The number of rotatable bonds is 3. The van der Waals surface area contributed by atoms with Crippen LogP contribution in [0.25, 0.3) is 0 Å². The number of ether oxygens (including phenoxy) is 1. The molecule has 0 saturated carbocycles. The highest BCUT2D eigenvalue weighted by Gasteiger charge is 2.29. The first-order chi connectivity index (χ1) is 10.5. The lowest BCUT2D eigenvalue weighted by atomic mass is 9.97. The van der Waals surface area contributed by atoms with Gasteiger partial charge < -0.3 is 15.0 Å². The van der Waals surface area contributed by atoms with Crippen LogP contribution in [0.1, 0.15) is 30.9 Å². The zero-order valence-corrected chi connectivity index (χ0v) is 13.5. The Morgan fingerprint density at radius 3 is 2.86 bits per heavy atom. The summed E-state index contributed by atoms with van der Waals surface area (Å²) in [5.74, 6) is -0.208. The van der Waals surface area contributed by atoms with Crippen LogP contribution in [0.4, 0.5) is 10.5 Å². The molecule has 120 valence electrons. The quantitative estimate of drug-likeness (QED) is 0.933. The second-order valence-corrected chi connectivity index (χ2v) is 5.79. The molecule has 2 rings (SSSR count). The lowest BCUT2D eigenvalue weighted by Crippen LogP contribution is -2.44. The number of carbonyl (C=O) groups excluding carboxylic acids is 2. The molecule has 1 aromatic rings. The predicted molar refractivity (Wildman–Crippen MR) is 85.9 cm³/mol. The van der Waals surface area contributed by atoms with Crippen molar-refractivity contribution >= 4 is 17.7 Å². The van der Waals surface area contributed by atoms with E-state index in [4.69, 9.17) is 4.74 Å². The minimum atomic E-state index is -0.327. The number of hydrogen-bond acceptors (Lipinski definition) is 3. The predicted octanol–water partition coefficient (Wildman–Crippen LogP) is 3.11. The molecule has 22 heavy (non-hydrogen) atoms. The first kappa shape index (κ1) is 16.3. The van der Waals surface area contributed by atoms with Gasteiger partial charge in [0.05, 0.1) is 12.5 Å². The Labute approximate surface area is 131 Å². The molecule has 1 fully saturated rings. The molecule has 2 amide bonds. The summed E-state index contributed by atoms with van der Waals surface area (Å²) in [6, 6.07) is 5.99. The van der Waals surface area contributed by atoms with Gasteiger partial charge in [0.15, 0.2) is 0 Å². The van der Waals surface area contributed by atoms with Gasteiger partial charge in [-0.25, -0.2) is 4.79 Å². The molecule has 1 atom stereocenters. The van der Waals surface area contributed by atoms with Gasteiger partial charge in [0, 0.05) is 18.8 Å². The van der Waals surface area contributed by atoms with E-state index in [1.165, 1.54) is 0 Å². The second kappa shape index (κ2) is 7.29. The first-order valence-electron chi connectivity index (χ1n) is 7.81. The molecule has 1 aliphatic rings. The van der Waals surface area contributed by atoms with Crippen LogP contribution in [-0.4, -0.2) is 36.6 Å². The molecule has 1 heterocycles. The van der Waals surface area contributed by atoms with Crippen molar-refractivity contribution in [3.63, 3.8) is 0 Å². The summed E-state index contributed by atoms with van der Waals surface area (Å²) in [6.45, 7) is 7.20. The summed E-state index contributed by atoms with van der Waals surface area (Å²) >= 11 is 0. The Morgan fingerprint density at radius 2 is 2.14 bits per heavy atom. The molecular weight excluding hydrogens is 280 g/mol. The Bertz CT molecular complexity index is 557. The number of carbonyl (C=O) groups is 2. The number of amides is 2. The average Bonchev–Trinajstić information content (AvgIpc) is 2.51. The fourth-order valence-electron chi connectivity index (χ4n) is 2.68. The second-order valence-electron chi connectivity index (χ2n) is 5.79. The summed E-state index contributed by atoms with van der Waals surface area (Å²) < 4.78 is 5.02. The highest BCUT2D eigenvalue weighted by molar-refractivity contribution is 5.93. The summed E-state index contributed by atoms with van der Waals surface area (Å²) in [7, 11) is 0. The van der Waals surface area contributed by atoms with E-state index in [1.807, 2.05) is 32.0 Å². The van der Waals surface area contributed by atoms with Gasteiger partial charge in [0.25, 0.3) is 0 Å². The van der Waals surface area contributed by atoms with Gasteiger partial charge in [-0.15, -0.1) is 0 Å². The van der Waals surface area contributed by atoms with Gasteiger partial charge in [-0.2, -0.15) is 0 Å². The van der Waals surface area contributed by atoms with Crippen molar-refractivity contribution < 1.29 is 14.3 Å². The lowest BCUT2D eigenvalue weighted by Gasteiger charge is -2.31. The number of nitrogens with zero attached hydrogens (tertiary/aromatic N) is 1. The van der Waals surface area contributed by atoms with Crippen LogP contribution in [0.15, 0.2) is 18.2 Å². The van der Waals surface area contributed by atoms with Crippen LogP contribution < -0.4 is 5.32 Å². The SMILES string of the molecule is CCOC(=O)N1CCCC(C(=O)Nc2cc(C)ccc2C)C1. The highest BCUT2D eigenvalue weighted by Crippen LogP contribution is 2.21. The van der Waals surface area contributed by atoms with E-state index >= 15 is 0 Å². The zero-order valence-electron chi connectivity index (χ0n) is 13.5. The first-order valence-corrected chi connectivity index (χ1v) is 7.81. The molecule has 1 saturated heterocycles. The van der Waals surface area contributed by atoms with E-state index in [0.717, 1.165) is 29.7 Å². The summed E-state index contributed by atoms with van der Waals surface area (Å²) in [6.07, 6.45) is 1.29. The number of anilines is 1. The topological polar surface area (TPSA) is 58.6 Å². The maximum absolute atomic E-state index is 12.5. The molecule has 0 radical (unpaired) electrons. The van der Waals surface area contributed by atoms with E-state index < -0.39 is 0 Å². The largest absolute Gasteiger partial charge is 0.450 e. The molecule has 1 N–H and O–H groups in total. The molecule has 0 aromatic heterocycles. The molecule has 1 aliphatic heterocycles. The van der Waals surface area contributed by atoms with Crippen LogP contribution >= 0.6 is 0 Å². The van der Waals surface area contributed by atoms with Crippen molar-refractivity contribution in [1.82, 2.24) is 4.90 Å². The third-order valence-corrected chi connectivity index (χ3v) is 3.97. The monoisotopic (exact) mass is 304 g/mol. The van der Waals surface area contributed by atoms with Crippen LogP contribution in [0.5, 0.6) is 0 Å². The third-order valence-electron chi connectivity index (χ3n) is 3.97. The number of likely N-dealkylation sites (tertiary alicyclic amines) is 1. The zero-order chi connectivity index (χ0) is 16.1. The molecule has 0 bridgehead atoms. The summed E-state index contributed by atoms with van der Waals surface area (Å²) in [5.41, 5.74) is 2.99. The van der Waals surface area contributed by atoms with Crippen LogP contribution in [-0.2, 0) is 9.53 Å². The van der Waals surface area contributed by atoms with Gasteiger partial charge in [-0.1, -0.05) is 12.1 Å². The minimum absolute atomic E-state index is 0.0253. The van der Waals surface area contributed by atoms with Crippen molar-refractivity contribution in [2.24, 2.45) is 5.92 Å². The van der Waals surface area contributed by atoms with E-state index in [9.17, 15) is 9.59 Å². The van der Waals surface area contributed by atoms with Crippen molar-refractivity contribution in [3.8, 4) is 0 Å². The summed E-state index contributed by atoms with van der Waals surface area (Å²) in [5, 5.41) is 2.99. The number of aryl methyl sites for hydroxylation is 2. The number of benzene rings is 1. The van der Waals surface area contributed by atoms with Gasteiger partial charge in [0.1, 0.15) is 0 Å². The number of nitrogens with one attached hydrogen (secondary N) is 1. The van der Waals surface area contributed by atoms with Gasteiger partial charge in [-0.3, -0.25) is 4.79 Å². The number of piperidine rings is 1. The van der Waals surface area contributed by atoms with Crippen molar-refractivity contribution in [2.45, 2.75) is 33.6 Å². The van der Waals surface area contributed by atoms with Crippen LogP contribution in [0, 0.1) is 19.8 Å². The molecular formula is C17H24N2O3. The lowest BCUT2D eigenvalue weighted by molar-refractivity contribution is -0.121. The van der Waals surface area contributed by atoms with Gasteiger partial charge in [-0.05, 0) is 50.8 Å². The Kier molecular flexibility index (Phi) is 5.41. The average molecular weight is 304 g/mol. The minimum Gasteiger partial charge on any atom is -0.450 e. The van der Waals surface area contributed by atoms with Gasteiger partial charge >= 0.3 is 6.09 Å². The molecule has 0 spiro atoms. The van der Waals surface area contributed by atoms with Gasteiger partial charge in [0.2, 0.25) is 5.91 Å². The third kappa shape index (κ3) is 4.00. The Morgan fingerprint density at radius 1 is 1.36 bits per heavy atom. The van der Waals surface area contributed by atoms with E-state index in [-0.39, 0.29) is 17.9 Å². The standard InChI is InChI=1S/C17H24N2O3/c1-4-22-17(21)19-9-5-6-14(11-19)16(20)18-15-10-12(2)7-8-13(15)3/h7-8,10,14H,4-6,9,11H2,1-3H3,(H,18,20). The maximum atomic E-state index is 12.5. The Balaban J connectivity index is 2.00. The fraction of sp³-hybridized carbons (Fsp3) is 0.529. The molecule has 1 aromatic carbocycles.